The minimum atomic E-state index is -0.305. The lowest BCUT2D eigenvalue weighted by molar-refractivity contribution is 0.102. The van der Waals surface area contributed by atoms with Gasteiger partial charge in [0.15, 0.2) is 11.3 Å². The molecule has 2 N–H and O–H groups in total. The topological polar surface area (TPSA) is 106 Å². The van der Waals surface area contributed by atoms with Crippen LogP contribution in [0.5, 0.6) is 5.75 Å². The highest BCUT2D eigenvalue weighted by molar-refractivity contribution is 6.06. The van der Waals surface area contributed by atoms with Crippen LogP contribution in [0.4, 0.5) is 5.82 Å². The van der Waals surface area contributed by atoms with Crippen LogP contribution in [0.3, 0.4) is 0 Å². The Balaban J connectivity index is 0.00000210. The van der Waals surface area contributed by atoms with Crippen LogP contribution in [0, 0.1) is 0 Å². The molecule has 8 nitrogen and oxygen atoms in total. The number of halogens is 1. The van der Waals surface area contributed by atoms with E-state index in [4.69, 9.17) is 4.74 Å². The van der Waals surface area contributed by atoms with Crippen molar-refractivity contribution in [2.75, 3.05) is 12.4 Å². The maximum Gasteiger partial charge on any atom is 0.258 e. The van der Waals surface area contributed by atoms with Gasteiger partial charge in [0.1, 0.15) is 5.75 Å². The predicted molar refractivity (Wildman–Crippen MR) is 103 cm³/mol. The molecule has 4 rings (SSSR count). The summed E-state index contributed by atoms with van der Waals surface area (Å²) < 4.78 is 5.16. The third-order valence-electron chi connectivity index (χ3n) is 3.81. The lowest BCUT2D eigenvalue weighted by atomic mass is 10.1. The number of hydrogen-bond donors (Lipinski definition) is 2. The molecule has 1 amide bonds. The summed E-state index contributed by atoms with van der Waals surface area (Å²) in [6.45, 7) is 0. The molecule has 27 heavy (non-hydrogen) atoms. The Bertz CT molecular complexity index is 1070. The Morgan fingerprint density at radius 3 is 2.67 bits per heavy atom. The maximum atomic E-state index is 12.3. The van der Waals surface area contributed by atoms with E-state index in [-0.39, 0.29) is 18.3 Å². The van der Waals surface area contributed by atoms with E-state index in [0.29, 0.717) is 28.2 Å². The average Bonchev–Trinajstić information content (AvgIpc) is 3.10. The van der Waals surface area contributed by atoms with Crippen molar-refractivity contribution in [3.05, 3.63) is 60.6 Å². The van der Waals surface area contributed by atoms with Gasteiger partial charge < -0.3 is 10.1 Å². The zero-order valence-corrected chi connectivity index (χ0v) is 15.0. The van der Waals surface area contributed by atoms with E-state index in [9.17, 15) is 4.79 Å². The second kappa shape index (κ2) is 7.79. The van der Waals surface area contributed by atoms with Crippen LogP contribution in [-0.4, -0.2) is 38.2 Å². The maximum absolute atomic E-state index is 12.3. The molecule has 0 unspecified atom stereocenters. The van der Waals surface area contributed by atoms with Gasteiger partial charge in [0, 0.05) is 18.0 Å². The Kier molecular flexibility index (Phi) is 5.28. The van der Waals surface area contributed by atoms with E-state index in [1.54, 1.807) is 31.6 Å². The minimum Gasteiger partial charge on any atom is -0.497 e. The van der Waals surface area contributed by atoms with E-state index in [0.717, 1.165) is 11.3 Å². The summed E-state index contributed by atoms with van der Waals surface area (Å²) in [6, 6.07) is 10.9. The molecule has 136 valence electrons. The molecular weight excluding hydrogens is 368 g/mol. The van der Waals surface area contributed by atoms with Gasteiger partial charge in [0.25, 0.3) is 5.91 Å². The molecule has 0 fully saturated rings. The molecule has 0 radical (unpaired) electrons. The summed E-state index contributed by atoms with van der Waals surface area (Å²) in [6.07, 6.45) is 4.73. The first-order chi connectivity index (χ1) is 12.7. The molecule has 9 heteroatoms. The number of carbonyl (C=O) groups excluding carboxylic acids is 1. The van der Waals surface area contributed by atoms with Crippen LogP contribution in [0.1, 0.15) is 10.4 Å². The third-order valence-corrected chi connectivity index (χ3v) is 3.81. The number of ether oxygens (including phenoxy) is 1. The second-order valence-corrected chi connectivity index (χ2v) is 5.45. The fraction of sp³-hybridized carbons (Fsp3) is 0.0556. The number of fused-ring (bicyclic) bond motifs is 1. The van der Waals surface area contributed by atoms with Gasteiger partial charge in [-0.05, 0) is 36.4 Å². The van der Waals surface area contributed by atoms with E-state index in [1.165, 1.54) is 6.20 Å². The highest BCUT2D eigenvalue weighted by Gasteiger charge is 2.14. The minimum absolute atomic E-state index is 0. The molecule has 3 heterocycles. The highest BCUT2D eigenvalue weighted by Crippen LogP contribution is 2.24. The number of benzene rings is 1. The number of H-pyrrole nitrogens is 1. The average molecular weight is 383 g/mol. The molecule has 0 atom stereocenters. The zero-order valence-electron chi connectivity index (χ0n) is 14.2. The Morgan fingerprint density at radius 1 is 1.15 bits per heavy atom. The summed E-state index contributed by atoms with van der Waals surface area (Å²) in [5, 5.41) is 9.60. The van der Waals surface area contributed by atoms with Gasteiger partial charge in [-0.25, -0.2) is 9.97 Å². The van der Waals surface area contributed by atoms with Crippen molar-refractivity contribution in [2.24, 2.45) is 0 Å². The molecule has 3 aromatic heterocycles. The van der Waals surface area contributed by atoms with Gasteiger partial charge in [0.05, 0.1) is 24.6 Å². The van der Waals surface area contributed by atoms with Crippen LogP contribution in [0.25, 0.3) is 22.4 Å². The number of nitrogens with zero attached hydrogens (tertiary/aromatic N) is 4. The monoisotopic (exact) mass is 382 g/mol. The fourth-order valence-electron chi connectivity index (χ4n) is 2.46. The molecule has 1 aromatic carbocycles. The number of rotatable bonds is 4. The van der Waals surface area contributed by atoms with E-state index < -0.39 is 0 Å². The summed E-state index contributed by atoms with van der Waals surface area (Å²) in [5.74, 6) is 0.840. The van der Waals surface area contributed by atoms with Crippen molar-refractivity contribution >= 4 is 35.3 Å². The van der Waals surface area contributed by atoms with Crippen molar-refractivity contribution in [3.63, 3.8) is 0 Å². The predicted octanol–water partition coefficient (Wildman–Crippen LogP) is 3.10. The quantitative estimate of drug-likeness (QED) is 0.561. The smallest absolute Gasteiger partial charge is 0.258 e. The number of carbonyl (C=O) groups is 1. The number of anilines is 1. The van der Waals surface area contributed by atoms with Gasteiger partial charge in [-0.2, -0.15) is 5.10 Å². The van der Waals surface area contributed by atoms with Crippen molar-refractivity contribution in [2.45, 2.75) is 0 Å². The summed E-state index contributed by atoms with van der Waals surface area (Å²) >= 11 is 0. The molecule has 0 aliphatic carbocycles. The Hall–Kier alpha value is -3.52. The molecule has 0 saturated heterocycles. The molecule has 0 spiro atoms. The van der Waals surface area contributed by atoms with Gasteiger partial charge >= 0.3 is 0 Å². The lowest BCUT2D eigenvalue weighted by Gasteiger charge is -2.04. The summed E-state index contributed by atoms with van der Waals surface area (Å²) in [4.78, 5) is 25.1. The molecule has 0 aliphatic heterocycles. The van der Waals surface area contributed by atoms with Crippen molar-refractivity contribution in [1.82, 2.24) is 25.1 Å². The fourth-order valence-corrected chi connectivity index (χ4v) is 2.46. The van der Waals surface area contributed by atoms with E-state index >= 15 is 0 Å². The summed E-state index contributed by atoms with van der Waals surface area (Å²) in [5.41, 5.74) is 2.89. The normalized spacial score (nSPS) is 10.3. The van der Waals surface area contributed by atoms with Gasteiger partial charge in [-0.3, -0.25) is 14.9 Å². The van der Waals surface area contributed by atoms with Gasteiger partial charge in [-0.1, -0.05) is 0 Å². The SMILES string of the molecule is COc1ccc(-c2cnc3n[nH]c(NC(=O)c4cccnc4)c3n2)cc1.Cl. The number of pyridine rings is 1. The Labute approximate surface area is 160 Å². The zero-order chi connectivity index (χ0) is 17.9. The number of nitrogens with one attached hydrogen (secondary N) is 2. The second-order valence-electron chi connectivity index (χ2n) is 5.45. The molecule has 0 saturated carbocycles. The van der Waals surface area contributed by atoms with Crippen LogP contribution in [-0.2, 0) is 0 Å². The van der Waals surface area contributed by atoms with Crippen LogP contribution in [0.2, 0.25) is 0 Å². The first-order valence-corrected chi connectivity index (χ1v) is 7.81. The molecule has 4 aromatic rings. The number of methoxy groups -OCH3 is 1. The largest absolute Gasteiger partial charge is 0.497 e. The van der Waals surface area contributed by atoms with Gasteiger partial charge in [-0.15, -0.1) is 12.4 Å². The van der Waals surface area contributed by atoms with E-state index in [1.807, 2.05) is 24.3 Å². The van der Waals surface area contributed by atoms with Crippen LogP contribution in [0.15, 0.2) is 55.0 Å². The van der Waals surface area contributed by atoms with Gasteiger partial charge in [0.2, 0.25) is 5.65 Å². The molecular formula is C18H15ClN6O2. The standard InChI is InChI=1S/C18H14N6O2.ClH/c1-26-13-6-4-11(5-7-13)14-10-20-16-15(21-14)17(24-23-16)22-18(25)12-3-2-8-19-9-12;/h2-10H,1H3,(H2,20,22,23,24,25);1H. The number of aromatic nitrogens is 5. The van der Waals surface area contributed by atoms with Crippen LogP contribution < -0.4 is 10.1 Å². The number of hydrogen-bond acceptors (Lipinski definition) is 6. The molecule has 0 bridgehead atoms. The van der Waals surface area contributed by atoms with Crippen molar-refractivity contribution in [3.8, 4) is 17.0 Å². The number of amides is 1. The van der Waals surface area contributed by atoms with Crippen LogP contribution >= 0.6 is 12.4 Å². The van der Waals surface area contributed by atoms with E-state index in [2.05, 4.69) is 30.5 Å². The summed E-state index contributed by atoms with van der Waals surface area (Å²) in [7, 11) is 1.61. The first kappa shape index (κ1) is 18.3. The first-order valence-electron chi connectivity index (χ1n) is 7.81. The Morgan fingerprint density at radius 2 is 1.96 bits per heavy atom. The molecule has 0 aliphatic rings. The highest BCUT2D eigenvalue weighted by atomic mass is 35.5. The van der Waals surface area contributed by atoms with Crippen molar-refractivity contribution in [1.29, 1.82) is 0 Å². The number of aromatic amines is 1. The van der Waals surface area contributed by atoms with Crippen molar-refractivity contribution < 1.29 is 9.53 Å². The third kappa shape index (κ3) is 3.70. The lowest BCUT2D eigenvalue weighted by Crippen LogP contribution is -2.12.